The predicted octanol–water partition coefficient (Wildman–Crippen LogP) is 7.05. The van der Waals surface area contributed by atoms with Crippen molar-refractivity contribution in [3.8, 4) is 34.1 Å². The average Bonchev–Trinajstić information content (AvgIpc) is 3.07. The van der Waals surface area contributed by atoms with Crippen LogP contribution in [0, 0.1) is 0 Å². The van der Waals surface area contributed by atoms with E-state index in [9.17, 15) is 59.3 Å². The maximum Gasteiger partial charge on any atom is 0.296 e. The number of phenols is 4. The number of rotatable bonds is 8. The molecule has 266 valence electrons. The van der Waals surface area contributed by atoms with Crippen LogP contribution < -0.4 is 0 Å². The third kappa shape index (κ3) is 6.96. The Morgan fingerprint density at radius 3 is 1.52 bits per heavy atom. The minimum Gasteiger partial charge on any atom is -0.506 e. The van der Waals surface area contributed by atoms with Crippen LogP contribution in [0.4, 0.5) is 22.7 Å². The van der Waals surface area contributed by atoms with Crippen LogP contribution in [0.15, 0.2) is 126 Å². The molecule has 0 bridgehead atoms. The van der Waals surface area contributed by atoms with Crippen LogP contribution in [-0.2, 0) is 30.4 Å². The topological polar surface area (TPSA) is 293 Å². The molecular weight excluding hydrogens is 745 g/mol. The number of nitrogens with zero attached hydrogens (tertiary/aromatic N) is 4. The first kappa shape index (κ1) is 35.8. The minimum absolute atomic E-state index is 0.0539. The third-order valence-corrected chi connectivity index (χ3v) is 10.3. The molecule has 0 spiro atoms. The lowest BCUT2D eigenvalue weighted by atomic mass is 10.0. The SMILES string of the molecule is O=S(=O)(O)c1ccc2c(O)c(N=Nc3ccc(-c4ccc(N=Nc5cc(S(=O)(=O)O)c6ccccc6c5O)c(O)c4)cc3O)c(S(=O)(=O)O)cc2c1. The van der Waals surface area contributed by atoms with E-state index in [2.05, 4.69) is 20.5 Å². The van der Waals surface area contributed by atoms with Gasteiger partial charge in [-0.1, -0.05) is 36.4 Å². The Morgan fingerprint density at radius 1 is 0.442 bits per heavy atom. The van der Waals surface area contributed by atoms with Gasteiger partial charge in [-0.25, -0.2) is 0 Å². The summed E-state index contributed by atoms with van der Waals surface area (Å²) in [5.74, 6) is -2.13. The van der Waals surface area contributed by atoms with Crippen molar-refractivity contribution >= 4 is 74.6 Å². The lowest BCUT2D eigenvalue weighted by molar-refractivity contribution is 0.471. The summed E-state index contributed by atoms with van der Waals surface area (Å²) in [6.07, 6.45) is 0. The van der Waals surface area contributed by atoms with Crippen LogP contribution in [0.2, 0.25) is 0 Å². The van der Waals surface area contributed by atoms with Gasteiger partial charge in [0.2, 0.25) is 0 Å². The summed E-state index contributed by atoms with van der Waals surface area (Å²) in [5.41, 5.74) is -0.682. The van der Waals surface area contributed by atoms with Crippen LogP contribution in [0.1, 0.15) is 0 Å². The monoisotopic (exact) mass is 766 g/mol. The van der Waals surface area contributed by atoms with Crippen molar-refractivity contribution in [3.05, 3.63) is 91.0 Å². The molecule has 0 unspecified atom stereocenters. The number of azo groups is 2. The Balaban J connectivity index is 1.30. The minimum atomic E-state index is -5.07. The molecule has 17 nitrogen and oxygen atoms in total. The van der Waals surface area contributed by atoms with Crippen molar-refractivity contribution in [3.63, 3.8) is 0 Å². The average molecular weight is 767 g/mol. The molecule has 0 saturated heterocycles. The van der Waals surface area contributed by atoms with Gasteiger partial charge in [0.05, 0.1) is 4.90 Å². The van der Waals surface area contributed by atoms with Crippen LogP contribution in [-0.4, -0.2) is 59.3 Å². The van der Waals surface area contributed by atoms with E-state index in [-0.39, 0.29) is 38.6 Å². The Morgan fingerprint density at radius 2 is 0.981 bits per heavy atom. The van der Waals surface area contributed by atoms with Crippen molar-refractivity contribution in [1.29, 1.82) is 0 Å². The molecule has 0 heterocycles. The summed E-state index contributed by atoms with van der Waals surface area (Å²) >= 11 is 0. The van der Waals surface area contributed by atoms with E-state index >= 15 is 0 Å². The quantitative estimate of drug-likeness (QED) is 0.0604. The van der Waals surface area contributed by atoms with Gasteiger partial charge in [-0.15, -0.1) is 20.5 Å². The Hall–Kier alpha value is -6.03. The van der Waals surface area contributed by atoms with Gasteiger partial charge in [0.1, 0.15) is 44.0 Å². The fourth-order valence-electron chi connectivity index (χ4n) is 5.17. The first-order valence-electron chi connectivity index (χ1n) is 14.3. The maximum absolute atomic E-state index is 12.1. The molecular formula is C32H22N4O13S3. The molecule has 0 fully saturated rings. The van der Waals surface area contributed by atoms with Crippen LogP contribution in [0.25, 0.3) is 32.7 Å². The number of phenolic OH excluding ortho intramolecular Hbond substituents is 4. The van der Waals surface area contributed by atoms with Crippen molar-refractivity contribution in [1.82, 2.24) is 0 Å². The van der Waals surface area contributed by atoms with E-state index in [1.54, 1.807) is 0 Å². The van der Waals surface area contributed by atoms with Gasteiger partial charge in [-0.3, -0.25) is 13.7 Å². The molecule has 52 heavy (non-hydrogen) atoms. The van der Waals surface area contributed by atoms with Gasteiger partial charge >= 0.3 is 0 Å². The summed E-state index contributed by atoms with van der Waals surface area (Å²) in [6, 6.07) is 18.5. The van der Waals surface area contributed by atoms with E-state index < -0.39 is 73.7 Å². The van der Waals surface area contributed by atoms with Gasteiger partial charge in [-0.05, 0) is 71.1 Å². The number of hydrogen-bond acceptors (Lipinski definition) is 14. The van der Waals surface area contributed by atoms with E-state index in [4.69, 9.17) is 0 Å². The van der Waals surface area contributed by atoms with Crippen molar-refractivity contribution in [2.24, 2.45) is 20.5 Å². The molecule has 20 heteroatoms. The first-order valence-corrected chi connectivity index (χ1v) is 18.6. The molecule has 6 aromatic rings. The number of aromatic hydroxyl groups is 4. The van der Waals surface area contributed by atoms with Crippen molar-refractivity contribution in [2.45, 2.75) is 14.7 Å². The molecule has 0 amide bonds. The molecule has 0 saturated carbocycles. The molecule has 0 radical (unpaired) electrons. The molecule has 0 aliphatic carbocycles. The standard InChI is InChI=1S/C32H22N4O13S3/c37-26-12-16(5-9-23(26)33-35-25-15-28(51(44,45)46)21-3-1-2-4-22(21)31(25)39)17-6-10-24(27(38)13-17)34-36-30-29(52(47,48)49)14-18-11-19(50(41,42)43)7-8-20(18)32(30)40/h1-15,37-40H,(H,41,42,43)(H,44,45,46)(H,47,48,49). The molecule has 6 aromatic carbocycles. The van der Waals surface area contributed by atoms with Crippen LogP contribution in [0.3, 0.4) is 0 Å². The fraction of sp³-hybridized carbons (Fsp3) is 0. The highest BCUT2D eigenvalue weighted by Gasteiger charge is 2.24. The summed E-state index contributed by atoms with van der Waals surface area (Å²) in [4.78, 5) is -2.07. The molecule has 0 aliphatic heterocycles. The number of fused-ring (bicyclic) bond motifs is 2. The number of benzene rings is 6. The normalized spacial score (nSPS) is 12.8. The largest absolute Gasteiger partial charge is 0.506 e. The van der Waals surface area contributed by atoms with Gasteiger partial charge in [0.25, 0.3) is 30.4 Å². The summed E-state index contributed by atoms with van der Waals surface area (Å²) in [6.45, 7) is 0. The molecule has 0 aromatic heterocycles. The van der Waals surface area contributed by atoms with Crippen LogP contribution in [0.5, 0.6) is 23.0 Å². The molecule has 0 aliphatic rings. The first-order chi connectivity index (χ1) is 24.3. The second-order valence-corrected chi connectivity index (χ2v) is 15.2. The lowest BCUT2D eigenvalue weighted by Gasteiger charge is -2.10. The van der Waals surface area contributed by atoms with Gasteiger partial charge in [0.15, 0.2) is 11.5 Å². The van der Waals surface area contributed by atoms with E-state index in [1.807, 2.05) is 0 Å². The lowest BCUT2D eigenvalue weighted by Crippen LogP contribution is -2.00. The van der Waals surface area contributed by atoms with Crippen molar-refractivity contribution in [2.75, 3.05) is 0 Å². The summed E-state index contributed by atoms with van der Waals surface area (Å²) < 4.78 is 100. The maximum atomic E-state index is 12.1. The smallest absolute Gasteiger partial charge is 0.296 e. The van der Waals surface area contributed by atoms with Gasteiger partial charge < -0.3 is 20.4 Å². The molecule has 6 rings (SSSR count). The van der Waals surface area contributed by atoms with Gasteiger partial charge in [-0.2, -0.15) is 25.3 Å². The van der Waals surface area contributed by atoms with E-state index in [1.165, 1.54) is 60.7 Å². The summed E-state index contributed by atoms with van der Waals surface area (Å²) in [7, 11) is -14.5. The van der Waals surface area contributed by atoms with Crippen molar-refractivity contribution < 1.29 is 59.3 Å². The fourth-order valence-corrected chi connectivity index (χ4v) is 7.06. The third-order valence-electron chi connectivity index (χ3n) is 7.64. The molecule has 7 N–H and O–H groups in total. The zero-order valence-corrected chi connectivity index (χ0v) is 28.2. The van der Waals surface area contributed by atoms with E-state index in [0.717, 1.165) is 30.3 Å². The second-order valence-electron chi connectivity index (χ2n) is 11.0. The zero-order valence-electron chi connectivity index (χ0n) is 25.8. The highest BCUT2D eigenvalue weighted by atomic mass is 32.2. The Bertz CT molecular complexity index is 2880. The van der Waals surface area contributed by atoms with Gasteiger partial charge in [0, 0.05) is 16.2 Å². The predicted molar refractivity (Wildman–Crippen MR) is 184 cm³/mol. The highest BCUT2D eigenvalue weighted by Crippen LogP contribution is 2.44. The Labute approximate surface area is 293 Å². The van der Waals surface area contributed by atoms with E-state index in [0.29, 0.717) is 11.1 Å². The highest BCUT2D eigenvalue weighted by molar-refractivity contribution is 7.86. The second kappa shape index (κ2) is 12.9. The Kier molecular flexibility index (Phi) is 8.90. The zero-order chi connectivity index (χ0) is 37.7. The van der Waals surface area contributed by atoms with Crippen LogP contribution >= 0.6 is 0 Å². The summed E-state index contributed by atoms with van der Waals surface area (Å²) in [5, 5.41) is 57.9. The molecule has 0 atom stereocenters. The number of hydrogen-bond donors (Lipinski definition) is 7.